The van der Waals surface area contributed by atoms with Gasteiger partial charge in [-0.05, 0) is 67.1 Å². The molecule has 0 radical (unpaired) electrons. The van der Waals surface area contributed by atoms with Gasteiger partial charge in [-0.1, -0.05) is 69.7 Å². The first-order valence-electron chi connectivity index (χ1n) is 15.8. The third-order valence-corrected chi connectivity index (χ3v) is 7.83. The lowest BCUT2D eigenvalue weighted by Gasteiger charge is -2.29. The summed E-state index contributed by atoms with van der Waals surface area (Å²) in [7, 11) is 1.31. The van der Waals surface area contributed by atoms with Crippen LogP contribution in [0.5, 0.6) is 0 Å². The molecule has 0 spiro atoms. The van der Waals surface area contributed by atoms with Gasteiger partial charge in [-0.2, -0.15) is 5.10 Å². The third kappa shape index (κ3) is 7.09. The summed E-state index contributed by atoms with van der Waals surface area (Å²) in [6.45, 7) is 8.87. The fourth-order valence-corrected chi connectivity index (χ4v) is 5.62. The van der Waals surface area contributed by atoms with Gasteiger partial charge in [-0.3, -0.25) is 9.59 Å². The second-order valence-corrected chi connectivity index (χ2v) is 10.6. The summed E-state index contributed by atoms with van der Waals surface area (Å²) < 4.78 is 12.0. The highest BCUT2D eigenvalue weighted by atomic mass is 16.5. The van der Waals surface area contributed by atoms with Crippen LogP contribution in [0.1, 0.15) is 98.9 Å². The summed E-state index contributed by atoms with van der Waals surface area (Å²) in [4.78, 5) is 53.7. The van der Waals surface area contributed by atoms with Gasteiger partial charge in [0.15, 0.2) is 5.69 Å². The summed E-state index contributed by atoms with van der Waals surface area (Å²) in [5.41, 5.74) is 5.53. The first-order chi connectivity index (χ1) is 22.4. The number of aromatic nitrogens is 2. The van der Waals surface area contributed by atoms with E-state index in [9.17, 15) is 19.2 Å². The van der Waals surface area contributed by atoms with E-state index in [-0.39, 0.29) is 18.2 Å². The number of methoxy groups -OCH3 is 1. The van der Waals surface area contributed by atoms with Crippen LogP contribution in [0, 0.1) is 0 Å². The third-order valence-electron chi connectivity index (χ3n) is 7.83. The lowest BCUT2D eigenvalue weighted by Crippen LogP contribution is -2.36. The highest BCUT2D eigenvalue weighted by molar-refractivity contribution is 6.06. The molecule has 0 unspecified atom stereocenters. The maximum atomic E-state index is 14.2. The van der Waals surface area contributed by atoms with Gasteiger partial charge in [-0.15, -0.1) is 0 Å². The van der Waals surface area contributed by atoms with Crippen LogP contribution in [0.3, 0.4) is 0 Å². The molecule has 9 heteroatoms. The number of aldehydes is 1. The van der Waals surface area contributed by atoms with E-state index in [1.54, 1.807) is 59.0 Å². The van der Waals surface area contributed by atoms with Crippen molar-refractivity contribution in [3.63, 3.8) is 0 Å². The molecule has 0 saturated carbocycles. The fraction of sp³-hybridized carbons (Fsp3) is 0.324. The van der Waals surface area contributed by atoms with E-state index < -0.39 is 11.9 Å². The first kappa shape index (κ1) is 33.8. The zero-order valence-corrected chi connectivity index (χ0v) is 27.2. The van der Waals surface area contributed by atoms with Crippen molar-refractivity contribution in [2.45, 2.75) is 59.9 Å². The van der Waals surface area contributed by atoms with Crippen molar-refractivity contribution in [2.75, 3.05) is 20.3 Å². The molecule has 1 aliphatic heterocycles. The average Bonchev–Trinajstić information content (AvgIpc) is 3.49. The molecule has 0 N–H and O–H groups in total. The molecule has 4 aromatic rings. The molecule has 0 aliphatic carbocycles. The summed E-state index contributed by atoms with van der Waals surface area (Å²) in [5.74, 6) is -1.37. The van der Waals surface area contributed by atoms with Crippen LogP contribution in [-0.4, -0.2) is 59.1 Å². The Morgan fingerprint density at radius 3 is 2.39 bits per heavy atom. The molecular formula is C37H41N3O6. The predicted molar refractivity (Wildman–Crippen MR) is 177 cm³/mol. The number of nitrogens with zero attached hydrogens (tertiary/aromatic N) is 3. The summed E-state index contributed by atoms with van der Waals surface area (Å²) >= 11 is 0. The highest BCUT2D eigenvalue weighted by Gasteiger charge is 2.31. The molecule has 5 rings (SSSR count). The van der Waals surface area contributed by atoms with Gasteiger partial charge in [0.2, 0.25) is 0 Å². The van der Waals surface area contributed by atoms with Crippen molar-refractivity contribution in [1.82, 2.24) is 14.7 Å². The van der Waals surface area contributed by atoms with Crippen LogP contribution in [0.25, 0.3) is 16.8 Å². The zero-order chi connectivity index (χ0) is 33.2. The highest BCUT2D eigenvalue weighted by Crippen LogP contribution is 2.36. The number of esters is 2. The van der Waals surface area contributed by atoms with Crippen LogP contribution in [-0.2, 0) is 28.9 Å². The number of carbonyl (C=O) groups excluding carboxylic acids is 4. The Morgan fingerprint density at radius 2 is 1.70 bits per heavy atom. The van der Waals surface area contributed by atoms with Gasteiger partial charge < -0.3 is 14.4 Å². The molecular weight excluding hydrogens is 582 g/mol. The van der Waals surface area contributed by atoms with Crippen molar-refractivity contribution < 1.29 is 28.7 Å². The maximum absolute atomic E-state index is 14.2. The number of unbranched alkanes of at least 4 members (excludes halogenated alkanes) is 1. The Kier molecular flexibility index (Phi) is 11.6. The minimum atomic E-state index is -0.632. The minimum Gasteiger partial charge on any atom is -0.465 e. The SMILES string of the molecule is CC.CCCCc1c(-c2ccc(C=O)cc2C(=O)N2CCc3ccccc3C2)c(C(=O)OCC)nn1-c1cccc(C(=O)OC)c1. The summed E-state index contributed by atoms with van der Waals surface area (Å²) in [5, 5.41) is 4.74. The van der Waals surface area contributed by atoms with Gasteiger partial charge in [-0.25, -0.2) is 14.3 Å². The Labute approximate surface area is 270 Å². The molecule has 1 aromatic heterocycles. The Bertz CT molecular complexity index is 1720. The lowest BCUT2D eigenvalue weighted by atomic mass is 9.92. The van der Waals surface area contributed by atoms with E-state index in [0.29, 0.717) is 65.0 Å². The molecule has 0 fully saturated rings. The van der Waals surface area contributed by atoms with Crippen molar-refractivity contribution in [2.24, 2.45) is 0 Å². The van der Waals surface area contributed by atoms with E-state index in [2.05, 4.69) is 13.0 Å². The van der Waals surface area contributed by atoms with Gasteiger partial charge in [0, 0.05) is 29.8 Å². The molecule has 240 valence electrons. The molecule has 3 aromatic carbocycles. The van der Waals surface area contributed by atoms with E-state index in [1.807, 2.05) is 32.0 Å². The zero-order valence-electron chi connectivity index (χ0n) is 27.2. The number of benzene rings is 3. The number of hydrogen-bond donors (Lipinski definition) is 0. The van der Waals surface area contributed by atoms with Crippen molar-refractivity contribution in [3.8, 4) is 16.8 Å². The molecule has 1 amide bonds. The van der Waals surface area contributed by atoms with Crippen molar-refractivity contribution in [3.05, 3.63) is 106 Å². The quantitative estimate of drug-likeness (QED) is 0.140. The number of carbonyl (C=O) groups is 4. The second kappa shape index (κ2) is 15.8. The molecule has 0 atom stereocenters. The normalized spacial score (nSPS) is 12.0. The largest absolute Gasteiger partial charge is 0.465 e. The monoisotopic (exact) mass is 623 g/mol. The predicted octanol–water partition coefficient (Wildman–Crippen LogP) is 6.88. The van der Waals surface area contributed by atoms with E-state index >= 15 is 0 Å². The van der Waals surface area contributed by atoms with Crippen LogP contribution in [0.15, 0.2) is 66.7 Å². The van der Waals surface area contributed by atoms with Gasteiger partial charge in [0.25, 0.3) is 5.91 Å². The van der Waals surface area contributed by atoms with Crippen LogP contribution < -0.4 is 0 Å². The molecule has 9 nitrogen and oxygen atoms in total. The lowest BCUT2D eigenvalue weighted by molar-refractivity contribution is 0.0518. The van der Waals surface area contributed by atoms with Gasteiger partial charge >= 0.3 is 11.9 Å². The topological polar surface area (TPSA) is 108 Å². The number of amides is 1. The first-order valence-corrected chi connectivity index (χ1v) is 15.8. The second-order valence-electron chi connectivity index (χ2n) is 10.6. The molecule has 46 heavy (non-hydrogen) atoms. The number of fused-ring (bicyclic) bond motifs is 1. The fourth-order valence-electron chi connectivity index (χ4n) is 5.62. The van der Waals surface area contributed by atoms with Crippen molar-refractivity contribution in [1.29, 1.82) is 0 Å². The number of ether oxygens (including phenoxy) is 2. The summed E-state index contributed by atoms with van der Waals surface area (Å²) in [6.07, 6.45) is 3.59. The molecule has 0 bridgehead atoms. The maximum Gasteiger partial charge on any atom is 0.359 e. The Balaban J connectivity index is 0.00000235. The van der Waals surface area contributed by atoms with Crippen LogP contribution >= 0.6 is 0 Å². The van der Waals surface area contributed by atoms with Crippen LogP contribution in [0.4, 0.5) is 0 Å². The summed E-state index contributed by atoms with van der Waals surface area (Å²) in [6, 6.07) is 19.8. The molecule has 0 saturated heterocycles. The average molecular weight is 624 g/mol. The van der Waals surface area contributed by atoms with Gasteiger partial charge in [0.05, 0.1) is 30.7 Å². The Morgan fingerprint density at radius 1 is 0.935 bits per heavy atom. The molecule has 2 heterocycles. The van der Waals surface area contributed by atoms with E-state index in [1.165, 1.54) is 12.7 Å². The standard InChI is InChI=1S/C35H35N3O6.C2H6/c1-4-6-14-30-31(32(35(42)44-5-2)36-38(30)27-13-9-12-25(20-27)34(41)43-3)28-16-15-23(22-39)19-29(28)33(40)37-18-17-24-10-7-8-11-26(24)21-37;1-2/h7-13,15-16,19-20,22H,4-6,14,17-18,21H2,1-3H3;1-2H3. The van der Waals surface area contributed by atoms with Crippen LogP contribution in [0.2, 0.25) is 0 Å². The number of rotatable bonds is 10. The smallest absolute Gasteiger partial charge is 0.359 e. The van der Waals surface area contributed by atoms with E-state index in [0.717, 1.165) is 24.8 Å². The van der Waals surface area contributed by atoms with E-state index in [4.69, 9.17) is 14.6 Å². The van der Waals surface area contributed by atoms with Crippen molar-refractivity contribution >= 4 is 24.1 Å². The Hall–Kier alpha value is -5.05. The minimum absolute atomic E-state index is 0.0540. The molecule has 1 aliphatic rings. The number of hydrogen-bond acceptors (Lipinski definition) is 7. The van der Waals surface area contributed by atoms with Gasteiger partial charge in [0.1, 0.15) is 6.29 Å².